The van der Waals surface area contributed by atoms with E-state index in [1.807, 2.05) is 6.92 Å². The number of likely N-dealkylation sites (tertiary alicyclic amines) is 2. The van der Waals surface area contributed by atoms with Crippen LogP contribution in [0.3, 0.4) is 0 Å². The summed E-state index contributed by atoms with van der Waals surface area (Å²) in [7, 11) is 0. The second kappa shape index (κ2) is 8.73. The molecule has 0 spiro atoms. The first-order chi connectivity index (χ1) is 14.4. The van der Waals surface area contributed by atoms with E-state index in [1.54, 1.807) is 21.9 Å². The molecule has 0 saturated carbocycles. The molecule has 8 nitrogen and oxygen atoms in total. The number of amides is 2. The van der Waals surface area contributed by atoms with Gasteiger partial charge in [-0.3, -0.25) is 9.89 Å². The van der Waals surface area contributed by atoms with Crippen LogP contribution in [0.2, 0.25) is 0 Å². The molecule has 4 rings (SSSR count). The van der Waals surface area contributed by atoms with Crippen LogP contribution in [0.25, 0.3) is 0 Å². The highest BCUT2D eigenvalue weighted by atomic mass is 32.2. The number of urea groups is 1. The van der Waals surface area contributed by atoms with Gasteiger partial charge in [-0.25, -0.2) is 14.2 Å². The van der Waals surface area contributed by atoms with Crippen LogP contribution in [-0.2, 0) is 10.5 Å². The summed E-state index contributed by atoms with van der Waals surface area (Å²) in [5.41, 5.74) is 0.955. The van der Waals surface area contributed by atoms with Crippen LogP contribution in [-0.4, -0.2) is 74.2 Å². The Labute approximate surface area is 177 Å². The molecule has 30 heavy (non-hydrogen) atoms. The molecule has 2 aromatic rings. The number of nitrogens with zero attached hydrogens (tertiary/aromatic N) is 4. The number of aliphatic hydroxyl groups excluding tert-OH is 1. The number of halogens is 1. The highest BCUT2D eigenvalue weighted by Crippen LogP contribution is 2.30. The van der Waals surface area contributed by atoms with Crippen molar-refractivity contribution in [2.24, 2.45) is 5.92 Å². The summed E-state index contributed by atoms with van der Waals surface area (Å²) in [6.07, 6.45) is 0.0851. The standard InChI is InChI=1S/C20H24FN5O3S/c1-12-8-26(20(29)25-7-6-15(27)9-25)10-16(28)17(12)18-22-19(24-23-18)30-11-13-2-4-14(21)5-3-13/h2-5,12,15,17,27H,6-11H2,1H3,(H,22,23,24). The van der Waals surface area contributed by atoms with Gasteiger partial charge in [0, 0.05) is 25.4 Å². The van der Waals surface area contributed by atoms with Gasteiger partial charge in [-0.05, 0) is 30.0 Å². The van der Waals surface area contributed by atoms with Crippen molar-refractivity contribution in [1.29, 1.82) is 0 Å². The summed E-state index contributed by atoms with van der Waals surface area (Å²) in [5, 5.41) is 17.3. The zero-order valence-electron chi connectivity index (χ0n) is 16.6. The molecule has 1 aromatic heterocycles. The van der Waals surface area contributed by atoms with Gasteiger partial charge in [0.2, 0.25) is 5.16 Å². The molecule has 0 bridgehead atoms. The van der Waals surface area contributed by atoms with Crippen molar-refractivity contribution in [3.8, 4) is 0 Å². The number of β-amino-alcohol motifs (C(OH)–C–C–N with tert-alkyl or cyclic N) is 1. The van der Waals surface area contributed by atoms with Crippen LogP contribution in [0, 0.1) is 11.7 Å². The predicted molar refractivity (Wildman–Crippen MR) is 108 cm³/mol. The number of Topliss-reactive ketones (excluding diaryl/α,β-unsaturated/α-hetero) is 1. The number of nitrogens with one attached hydrogen (secondary N) is 1. The molecular weight excluding hydrogens is 409 g/mol. The quantitative estimate of drug-likeness (QED) is 0.716. The van der Waals surface area contributed by atoms with Crippen LogP contribution < -0.4 is 0 Å². The van der Waals surface area contributed by atoms with Crippen molar-refractivity contribution in [1.82, 2.24) is 25.0 Å². The number of ketones is 1. The lowest BCUT2D eigenvalue weighted by atomic mass is 9.85. The molecule has 1 aromatic carbocycles. The van der Waals surface area contributed by atoms with Crippen molar-refractivity contribution in [2.45, 2.75) is 36.3 Å². The Balaban J connectivity index is 1.37. The van der Waals surface area contributed by atoms with E-state index < -0.39 is 12.0 Å². The summed E-state index contributed by atoms with van der Waals surface area (Å²) in [6.45, 7) is 3.23. The Hall–Kier alpha value is -2.46. The third-order valence-electron chi connectivity index (χ3n) is 5.53. The van der Waals surface area contributed by atoms with Crippen LogP contribution in [0.15, 0.2) is 29.4 Å². The Bertz CT molecular complexity index is 921. The monoisotopic (exact) mass is 433 g/mol. The third-order valence-corrected chi connectivity index (χ3v) is 6.45. The van der Waals surface area contributed by atoms with Gasteiger partial charge in [0.15, 0.2) is 5.78 Å². The number of rotatable bonds is 4. The van der Waals surface area contributed by atoms with Crippen molar-refractivity contribution in [2.75, 3.05) is 26.2 Å². The number of benzene rings is 1. The van der Waals surface area contributed by atoms with Gasteiger partial charge in [0.25, 0.3) is 0 Å². The smallest absolute Gasteiger partial charge is 0.320 e. The Morgan fingerprint density at radius 3 is 2.73 bits per heavy atom. The topological polar surface area (TPSA) is 102 Å². The first-order valence-electron chi connectivity index (χ1n) is 9.95. The van der Waals surface area contributed by atoms with Gasteiger partial charge < -0.3 is 14.9 Å². The molecule has 3 atom stereocenters. The SMILES string of the molecule is CC1CN(C(=O)N2CCC(O)C2)CC(=O)C1c1nc(SCc2ccc(F)cc2)n[nH]1. The fourth-order valence-corrected chi connectivity index (χ4v) is 4.76. The summed E-state index contributed by atoms with van der Waals surface area (Å²) >= 11 is 1.41. The number of hydrogen-bond donors (Lipinski definition) is 2. The third kappa shape index (κ3) is 4.49. The second-order valence-corrected chi connectivity index (χ2v) is 8.83. The van der Waals surface area contributed by atoms with Crippen LogP contribution in [0.5, 0.6) is 0 Å². The van der Waals surface area contributed by atoms with Gasteiger partial charge in [-0.15, -0.1) is 5.10 Å². The average molecular weight is 434 g/mol. The van der Waals surface area contributed by atoms with E-state index in [0.717, 1.165) is 5.56 Å². The molecule has 0 aliphatic carbocycles. The molecular formula is C20H24FN5O3S. The number of aliphatic hydroxyl groups is 1. The molecule has 0 radical (unpaired) electrons. The molecule has 2 aliphatic rings. The van der Waals surface area contributed by atoms with Crippen LogP contribution in [0.1, 0.15) is 30.7 Å². The minimum Gasteiger partial charge on any atom is -0.391 e. The molecule has 2 N–H and O–H groups in total. The molecule has 3 unspecified atom stereocenters. The number of thioether (sulfide) groups is 1. The van der Waals surface area contributed by atoms with Gasteiger partial charge in [-0.2, -0.15) is 0 Å². The molecule has 2 amide bonds. The van der Waals surface area contributed by atoms with E-state index in [1.165, 1.54) is 23.9 Å². The lowest BCUT2D eigenvalue weighted by molar-refractivity contribution is -0.125. The van der Waals surface area contributed by atoms with Crippen molar-refractivity contribution in [3.05, 3.63) is 41.5 Å². The number of aromatic nitrogens is 3. The van der Waals surface area contributed by atoms with Gasteiger partial charge in [0.1, 0.15) is 11.6 Å². The molecule has 2 fully saturated rings. The lowest BCUT2D eigenvalue weighted by Crippen LogP contribution is -2.52. The van der Waals surface area contributed by atoms with Gasteiger partial charge in [0.05, 0.1) is 18.6 Å². The maximum atomic E-state index is 13.0. The fourth-order valence-electron chi connectivity index (χ4n) is 3.99. The van der Waals surface area contributed by atoms with E-state index in [4.69, 9.17) is 0 Å². The number of hydrogen-bond acceptors (Lipinski definition) is 6. The Morgan fingerprint density at radius 2 is 2.07 bits per heavy atom. The van der Waals surface area contributed by atoms with Crippen LogP contribution >= 0.6 is 11.8 Å². The number of carbonyl (C=O) groups excluding carboxylic acids is 2. The normalized spacial score (nSPS) is 24.5. The maximum absolute atomic E-state index is 13.0. The van der Waals surface area contributed by atoms with Gasteiger partial charge in [-0.1, -0.05) is 30.8 Å². The average Bonchev–Trinajstić information content (AvgIpc) is 3.35. The second-order valence-electron chi connectivity index (χ2n) is 7.89. The molecule has 2 aliphatic heterocycles. The zero-order chi connectivity index (χ0) is 21.3. The van der Waals surface area contributed by atoms with Crippen LogP contribution in [0.4, 0.5) is 9.18 Å². The number of H-pyrrole nitrogens is 1. The Kier molecular flexibility index (Phi) is 6.05. The summed E-state index contributed by atoms with van der Waals surface area (Å²) in [5.74, 6) is 0.208. The Morgan fingerprint density at radius 1 is 1.30 bits per heavy atom. The zero-order valence-corrected chi connectivity index (χ0v) is 17.4. The number of aromatic amines is 1. The van der Waals surface area contributed by atoms with E-state index in [-0.39, 0.29) is 30.1 Å². The first kappa shape index (κ1) is 20.8. The van der Waals surface area contributed by atoms with Gasteiger partial charge >= 0.3 is 6.03 Å². The number of carbonyl (C=O) groups is 2. The maximum Gasteiger partial charge on any atom is 0.320 e. The highest BCUT2D eigenvalue weighted by Gasteiger charge is 2.40. The van der Waals surface area contributed by atoms with E-state index >= 15 is 0 Å². The summed E-state index contributed by atoms with van der Waals surface area (Å²) in [6, 6.07) is 6.06. The predicted octanol–water partition coefficient (Wildman–Crippen LogP) is 2.03. The molecule has 2 saturated heterocycles. The molecule has 10 heteroatoms. The highest BCUT2D eigenvalue weighted by molar-refractivity contribution is 7.98. The van der Waals surface area contributed by atoms with Crippen molar-refractivity contribution >= 4 is 23.6 Å². The van der Waals surface area contributed by atoms with E-state index in [9.17, 15) is 19.1 Å². The first-order valence-corrected chi connectivity index (χ1v) is 10.9. The van der Waals surface area contributed by atoms with E-state index in [0.29, 0.717) is 42.8 Å². The van der Waals surface area contributed by atoms with Crippen molar-refractivity contribution in [3.63, 3.8) is 0 Å². The largest absolute Gasteiger partial charge is 0.391 e. The molecule has 3 heterocycles. The number of piperidine rings is 1. The summed E-state index contributed by atoms with van der Waals surface area (Å²) in [4.78, 5) is 33.1. The summed E-state index contributed by atoms with van der Waals surface area (Å²) < 4.78 is 13.0. The van der Waals surface area contributed by atoms with E-state index in [2.05, 4.69) is 15.2 Å². The minimum absolute atomic E-state index is 0.0270. The van der Waals surface area contributed by atoms with Crippen molar-refractivity contribution < 1.29 is 19.1 Å². The minimum atomic E-state index is -0.486. The lowest BCUT2D eigenvalue weighted by Gasteiger charge is -2.36. The molecule has 160 valence electrons. The fraction of sp³-hybridized carbons (Fsp3) is 0.500.